The minimum atomic E-state index is -0.0123. The van der Waals surface area contributed by atoms with Crippen molar-refractivity contribution in [3.8, 4) is 5.75 Å². The van der Waals surface area contributed by atoms with E-state index < -0.39 is 0 Å². The van der Waals surface area contributed by atoms with E-state index in [1.807, 2.05) is 42.8 Å². The van der Waals surface area contributed by atoms with Crippen molar-refractivity contribution < 1.29 is 4.74 Å². The summed E-state index contributed by atoms with van der Waals surface area (Å²) < 4.78 is 7.88. The summed E-state index contributed by atoms with van der Waals surface area (Å²) in [6.07, 6.45) is 0.957. The number of nitrogens with zero attached hydrogens (tertiary/aromatic N) is 3. The Morgan fingerprint density at radius 2 is 2.07 bits per heavy atom. The zero-order chi connectivity index (χ0) is 18.9. The minimum absolute atomic E-state index is 0. The Kier molecular flexibility index (Phi) is 10.5. The molecule has 0 aliphatic carbocycles. The van der Waals surface area contributed by atoms with Gasteiger partial charge in [-0.15, -0.1) is 24.0 Å². The van der Waals surface area contributed by atoms with Crippen molar-refractivity contribution >= 4 is 41.5 Å². The highest BCUT2D eigenvalue weighted by Gasteiger charge is 2.06. The molecule has 1 unspecified atom stereocenters. The van der Waals surface area contributed by atoms with Gasteiger partial charge < -0.3 is 15.4 Å². The number of hydrogen-bond acceptors (Lipinski definition) is 3. The highest BCUT2D eigenvalue weighted by molar-refractivity contribution is 14.0. The van der Waals surface area contributed by atoms with Gasteiger partial charge in [0.2, 0.25) is 0 Å². The number of aromatic nitrogens is 2. The van der Waals surface area contributed by atoms with Gasteiger partial charge in [0.25, 0.3) is 0 Å². The molecular weight excluding hydrogens is 477 g/mol. The molecule has 0 fully saturated rings. The van der Waals surface area contributed by atoms with Crippen LogP contribution in [0.15, 0.2) is 35.3 Å². The lowest BCUT2D eigenvalue weighted by atomic mass is 10.3. The fraction of sp³-hybridized carbons (Fsp3) is 0.474. The van der Waals surface area contributed by atoms with Crippen LogP contribution in [0.25, 0.3) is 0 Å². The first-order valence-corrected chi connectivity index (χ1v) is 9.23. The second-order valence-electron chi connectivity index (χ2n) is 6.27. The van der Waals surface area contributed by atoms with E-state index in [9.17, 15) is 0 Å². The quantitative estimate of drug-likeness (QED) is 0.248. The van der Waals surface area contributed by atoms with E-state index in [0.29, 0.717) is 11.6 Å². The average molecular weight is 506 g/mol. The van der Waals surface area contributed by atoms with E-state index >= 15 is 0 Å². The van der Waals surface area contributed by atoms with Crippen molar-refractivity contribution in [3.05, 3.63) is 46.7 Å². The van der Waals surface area contributed by atoms with Crippen molar-refractivity contribution in [1.82, 2.24) is 20.4 Å². The fourth-order valence-electron chi connectivity index (χ4n) is 2.61. The highest BCUT2D eigenvalue weighted by Crippen LogP contribution is 2.18. The molecule has 2 N–H and O–H groups in total. The summed E-state index contributed by atoms with van der Waals surface area (Å²) in [5, 5.41) is 11.7. The standard InChI is InChI=1S/C19H28ClN5O.HI/c1-14-11-15(2)25(24-14)10-6-9-22-19(21-4)23-13-16(3)26-18-8-5-7-17(20)12-18;/h5,7-8,11-12,16H,6,9-10,13H2,1-4H3,(H2,21,22,23);1H. The number of aryl methyl sites for hydroxylation is 3. The minimum Gasteiger partial charge on any atom is -0.489 e. The molecule has 8 heteroatoms. The number of benzene rings is 1. The van der Waals surface area contributed by atoms with Crippen LogP contribution in [0.2, 0.25) is 5.02 Å². The molecule has 1 heterocycles. The average Bonchev–Trinajstić information content (AvgIpc) is 2.91. The Morgan fingerprint density at radius 1 is 1.30 bits per heavy atom. The molecule has 150 valence electrons. The maximum absolute atomic E-state index is 5.97. The molecule has 6 nitrogen and oxygen atoms in total. The van der Waals surface area contributed by atoms with Crippen LogP contribution in [0.1, 0.15) is 24.7 Å². The normalized spacial score (nSPS) is 12.3. The first-order valence-electron chi connectivity index (χ1n) is 8.85. The van der Waals surface area contributed by atoms with Gasteiger partial charge in [0.15, 0.2) is 5.96 Å². The number of rotatable bonds is 8. The number of hydrogen-bond donors (Lipinski definition) is 2. The first-order chi connectivity index (χ1) is 12.5. The van der Waals surface area contributed by atoms with Crippen LogP contribution in [0.5, 0.6) is 5.75 Å². The lowest BCUT2D eigenvalue weighted by Crippen LogP contribution is -2.42. The molecule has 0 saturated carbocycles. The van der Waals surface area contributed by atoms with Crippen molar-refractivity contribution in [3.63, 3.8) is 0 Å². The SMILES string of the molecule is CN=C(NCCCn1nc(C)cc1C)NCC(C)Oc1cccc(Cl)c1.I. The number of aliphatic imine (C=N–C) groups is 1. The van der Waals surface area contributed by atoms with Crippen LogP contribution in [0.3, 0.4) is 0 Å². The van der Waals surface area contributed by atoms with Gasteiger partial charge >= 0.3 is 0 Å². The molecule has 2 rings (SSSR count). The van der Waals surface area contributed by atoms with Crippen LogP contribution in [0.4, 0.5) is 0 Å². The molecular formula is C19H29ClIN5O. The van der Waals surface area contributed by atoms with Crippen molar-refractivity contribution in [2.45, 2.75) is 39.8 Å². The van der Waals surface area contributed by atoms with Crippen molar-refractivity contribution in [1.29, 1.82) is 0 Å². The molecule has 2 aromatic rings. The van der Waals surface area contributed by atoms with Crippen LogP contribution < -0.4 is 15.4 Å². The second kappa shape index (κ2) is 12.1. The third kappa shape index (κ3) is 8.38. The van der Waals surface area contributed by atoms with E-state index in [0.717, 1.165) is 36.9 Å². The zero-order valence-corrected chi connectivity index (χ0v) is 19.4. The monoisotopic (exact) mass is 505 g/mol. The number of nitrogens with one attached hydrogen (secondary N) is 2. The molecule has 0 radical (unpaired) electrons. The Labute approximate surface area is 183 Å². The first kappa shape index (κ1) is 23.6. The molecule has 0 aliphatic rings. The largest absolute Gasteiger partial charge is 0.489 e. The molecule has 0 spiro atoms. The molecule has 1 aromatic heterocycles. The van der Waals surface area contributed by atoms with E-state index in [-0.39, 0.29) is 30.1 Å². The smallest absolute Gasteiger partial charge is 0.191 e. The number of ether oxygens (including phenoxy) is 1. The summed E-state index contributed by atoms with van der Waals surface area (Å²) in [4.78, 5) is 4.24. The zero-order valence-electron chi connectivity index (χ0n) is 16.3. The summed E-state index contributed by atoms with van der Waals surface area (Å²) in [5.41, 5.74) is 2.25. The number of guanidine groups is 1. The van der Waals surface area contributed by atoms with Gasteiger partial charge in [-0.1, -0.05) is 17.7 Å². The summed E-state index contributed by atoms with van der Waals surface area (Å²) in [6.45, 7) is 8.45. The molecule has 0 saturated heterocycles. The molecule has 0 aliphatic heterocycles. The Bertz CT molecular complexity index is 735. The van der Waals surface area contributed by atoms with Crippen LogP contribution in [0, 0.1) is 13.8 Å². The van der Waals surface area contributed by atoms with E-state index in [4.69, 9.17) is 16.3 Å². The topological polar surface area (TPSA) is 63.5 Å². The van der Waals surface area contributed by atoms with Crippen LogP contribution in [-0.4, -0.2) is 42.0 Å². The molecule has 1 aromatic carbocycles. The Morgan fingerprint density at radius 3 is 2.70 bits per heavy atom. The van der Waals surface area contributed by atoms with Gasteiger partial charge in [-0.05, 0) is 51.5 Å². The van der Waals surface area contributed by atoms with Crippen molar-refractivity contribution in [2.24, 2.45) is 4.99 Å². The maximum Gasteiger partial charge on any atom is 0.191 e. The summed E-state index contributed by atoms with van der Waals surface area (Å²) >= 11 is 5.97. The summed E-state index contributed by atoms with van der Waals surface area (Å²) in [6, 6.07) is 9.50. The van der Waals surface area contributed by atoms with Crippen LogP contribution in [-0.2, 0) is 6.54 Å². The third-order valence-electron chi connectivity index (χ3n) is 3.86. The van der Waals surface area contributed by atoms with Crippen LogP contribution >= 0.6 is 35.6 Å². The maximum atomic E-state index is 5.97. The number of halogens is 2. The second-order valence-corrected chi connectivity index (χ2v) is 6.71. The van der Waals surface area contributed by atoms with Gasteiger partial charge in [-0.3, -0.25) is 9.67 Å². The summed E-state index contributed by atoms with van der Waals surface area (Å²) in [5.74, 6) is 1.53. The van der Waals surface area contributed by atoms with Crippen molar-refractivity contribution in [2.75, 3.05) is 20.1 Å². The summed E-state index contributed by atoms with van der Waals surface area (Å²) in [7, 11) is 1.76. The van der Waals surface area contributed by atoms with Gasteiger partial charge in [0.1, 0.15) is 11.9 Å². The third-order valence-corrected chi connectivity index (χ3v) is 4.09. The van der Waals surface area contributed by atoms with E-state index in [1.165, 1.54) is 5.69 Å². The van der Waals surface area contributed by atoms with Gasteiger partial charge in [0, 0.05) is 30.9 Å². The van der Waals surface area contributed by atoms with E-state index in [1.54, 1.807) is 7.05 Å². The highest BCUT2D eigenvalue weighted by atomic mass is 127. The molecule has 0 amide bonds. The van der Waals surface area contributed by atoms with Gasteiger partial charge in [-0.2, -0.15) is 5.10 Å². The lowest BCUT2D eigenvalue weighted by molar-refractivity contribution is 0.224. The Balaban J connectivity index is 0.00000364. The predicted molar refractivity (Wildman–Crippen MR) is 123 cm³/mol. The van der Waals surface area contributed by atoms with Gasteiger partial charge in [-0.25, -0.2) is 0 Å². The predicted octanol–water partition coefficient (Wildman–Crippen LogP) is 3.79. The Hall–Kier alpha value is -1.48. The molecule has 0 bridgehead atoms. The van der Waals surface area contributed by atoms with Gasteiger partial charge in [0.05, 0.1) is 12.2 Å². The lowest BCUT2D eigenvalue weighted by Gasteiger charge is -2.18. The van der Waals surface area contributed by atoms with E-state index in [2.05, 4.69) is 33.7 Å². The molecule has 1 atom stereocenters. The molecule has 27 heavy (non-hydrogen) atoms. The fourth-order valence-corrected chi connectivity index (χ4v) is 2.79.